The maximum absolute atomic E-state index is 12.8. The molecule has 12 heteroatoms. The molecule has 35 heavy (non-hydrogen) atoms. The number of benzene rings is 2. The summed E-state index contributed by atoms with van der Waals surface area (Å²) in [4.78, 5) is 0.269. The van der Waals surface area contributed by atoms with E-state index >= 15 is 0 Å². The molecule has 0 aliphatic rings. The Balaban J connectivity index is 1.54. The highest BCUT2D eigenvalue weighted by Crippen LogP contribution is 2.27. The summed E-state index contributed by atoms with van der Waals surface area (Å²) < 4.78 is 30.7. The second-order valence-electron chi connectivity index (χ2n) is 7.80. The number of aryl methyl sites for hydroxylation is 1. The molecule has 2 aromatic carbocycles. The summed E-state index contributed by atoms with van der Waals surface area (Å²) in [5.41, 5.74) is 2.86. The third-order valence-corrected chi connectivity index (χ3v) is 8.66. The summed E-state index contributed by atoms with van der Waals surface area (Å²) in [6, 6.07) is 14.8. The van der Waals surface area contributed by atoms with Gasteiger partial charge < -0.3 is 4.57 Å². The molecular weight excluding hydrogens is 484 g/mol. The van der Waals surface area contributed by atoms with Crippen molar-refractivity contribution in [3.05, 3.63) is 59.9 Å². The van der Waals surface area contributed by atoms with Gasteiger partial charge in [0.25, 0.3) is 0 Å². The lowest BCUT2D eigenvalue weighted by atomic mass is 10.2. The van der Waals surface area contributed by atoms with E-state index in [9.17, 15) is 8.42 Å². The van der Waals surface area contributed by atoms with Crippen LogP contribution in [-0.2, 0) is 22.3 Å². The standard InChI is InChI=1S/C23H28N8O2S2/c1-5-29(6-2)35(32,33)20-14-10-18(11-15-20)22-25-26-23(30(22)7-3)34-16-21-24-27-28-31(21)19-12-8-17(4)9-13-19/h8-15H,5-7,16H2,1-4H3. The average Bonchev–Trinajstić information content (AvgIpc) is 3.50. The van der Waals surface area contributed by atoms with E-state index in [0.717, 1.165) is 16.4 Å². The van der Waals surface area contributed by atoms with Gasteiger partial charge in [0.2, 0.25) is 10.0 Å². The summed E-state index contributed by atoms with van der Waals surface area (Å²) in [5, 5.41) is 21.6. The molecule has 0 saturated heterocycles. The molecule has 0 aliphatic heterocycles. The number of rotatable bonds is 10. The van der Waals surface area contributed by atoms with Crippen LogP contribution < -0.4 is 0 Å². The molecule has 0 radical (unpaired) electrons. The van der Waals surface area contributed by atoms with E-state index in [4.69, 9.17) is 0 Å². The van der Waals surface area contributed by atoms with Gasteiger partial charge >= 0.3 is 0 Å². The van der Waals surface area contributed by atoms with Gasteiger partial charge in [0.15, 0.2) is 16.8 Å². The highest BCUT2D eigenvalue weighted by atomic mass is 32.2. The van der Waals surface area contributed by atoms with Crippen molar-refractivity contribution in [1.29, 1.82) is 0 Å². The Kier molecular flexibility index (Phi) is 7.63. The number of hydrogen-bond acceptors (Lipinski definition) is 8. The van der Waals surface area contributed by atoms with Gasteiger partial charge in [-0.05, 0) is 60.7 Å². The largest absolute Gasteiger partial charge is 0.302 e. The van der Waals surface area contributed by atoms with Crippen molar-refractivity contribution in [2.75, 3.05) is 13.1 Å². The van der Waals surface area contributed by atoms with Crippen molar-refractivity contribution < 1.29 is 8.42 Å². The summed E-state index contributed by atoms with van der Waals surface area (Å²) in [6.07, 6.45) is 0. The Bertz CT molecular complexity index is 1380. The van der Waals surface area contributed by atoms with E-state index < -0.39 is 10.0 Å². The highest BCUT2D eigenvalue weighted by Gasteiger charge is 2.22. The number of tetrazole rings is 1. The van der Waals surface area contributed by atoms with Crippen LogP contribution in [-0.4, -0.2) is 60.8 Å². The van der Waals surface area contributed by atoms with E-state index in [1.807, 2.05) is 56.5 Å². The summed E-state index contributed by atoms with van der Waals surface area (Å²) >= 11 is 1.50. The Hall–Kier alpha value is -3.09. The molecule has 0 unspecified atom stereocenters. The summed E-state index contributed by atoms with van der Waals surface area (Å²) in [6.45, 7) is 9.23. The van der Waals surface area contributed by atoms with E-state index in [-0.39, 0.29) is 4.90 Å². The van der Waals surface area contributed by atoms with Gasteiger partial charge in [-0.1, -0.05) is 43.3 Å². The average molecular weight is 513 g/mol. The Labute approximate surface area is 209 Å². The van der Waals surface area contributed by atoms with Gasteiger partial charge in [0.05, 0.1) is 16.3 Å². The first kappa shape index (κ1) is 25.0. The molecule has 0 aliphatic carbocycles. The molecule has 2 heterocycles. The molecule has 0 fully saturated rings. The monoisotopic (exact) mass is 512 g/mol. The van der Waals surface area contributed by atoms with Crippen molar-refractivity contribution in [3.8, 4) is 17.1 Å². The molecular formula is C23H28N8O2S2. The summed E-state index contributed by atoms with van der Waals surface area (Å²) in [5.74, 6) is 1.90. The van der Waals surface area contributed by atoms with E-state index in [0.29, 0.717) is 37.0 Å². The normalized spacial score (nSPS) is 11.9. The minimum Gasteiger partial charge on any atom is -0.302 e. The van der Waals surface area contributed by atoms with Gasteiger partial charge in [-0.25, -0.2) is 8.42 Å². The number of sulfonamides is 1. The van der Waals surface area contributed by atoms with Gasteiger partial charge in [0.1, 0.15) is 0 Å². The first-order valence-electron chi connectivity index (χ1n) is 11.4. The van der Waals surface area contributed by atoms with Crippen molar-refractivity contribution >= 4 is 21.8 Å². The second-order valence-corrected chi connectivity index (χ2v) is 10.7. The number of nitrogens with zero attached hydrogens (tertiary/aromatic N) is 8. The smallest absolute Gasteiger partial charge is 0.243 e. The van der Waals surface area contributed by atoms with Crippen LogP contribution in [0.5, 0.6) is 0 Å². The lowest BCUT2D eigenvalue weighted by molar-refractivity contribution is 0.445. The topological polar surface area (TPSA) is 112 Å². The van der Waals surface area contributed by atoms with Crippen molar-refractivity contribution in [2.45, 2.75) is 50.0 Å². The van der Waals surface area contributed by atoms with Gasteiger partial charge in [-0.3, -0.25) is 0 Å². The third-order valence-electron chi connectivity index (χ3n) is 5.63. The van der Waals surface area contributed by atoms with Gasteiger partial charge in [-0.2, -0.15) is 8.99 Å². The quantitative estimate of drug-likeness (QED) is 0.297. The van der Waals surface area contributed by atoms with Crippen LogP contribution in [0.1, 0.15) is 32.2 Å². The maximum Gasteiger partial charge on any atom is 0.243 e. The molecule has 0 N–H and O–H groups in total. The number of aromatic nitrogens is 7. The van der Waals surface area contributed by atoms with Crippen molar-refractivity contribution in [1.82, 2.24) is 39.3 Å². The zero-order valence-electron chi connectivity index (χ0n) is 20.2. The fraction of sp³-hybridized carbons (Fsp3) is 0.348. The Morgan fingerprint density at radius 3 is 2.23 bits per heavy atom. The lowest BCUT2D eigenvalue weighted by Crippen LogP contribution is -2.30. The third kappa shape index (κ3) is 5.14. The molecule has 4 rings (SSSR count). The predicted molar refractivity (Wildman–Crippen MR) is 135 cm³/mol. The van der Waals surface area contributed by atoms with E-state index in [1.54, 1.807) is 28.9 Å². The molecule has 10 nitrogen and oxygen atoms in total. The molecule has 0 spiro atoms. The Morgan fingerprint density at radius 2 is 1.60 bits per heavy atom. The van der Waals surface area contributed by atoms with Crippen LogP contribution >= 0.6 is 11.8 Å². The minimum absolute atomic E-state index is 0.269. The minimum atomic E-state index is -3.51. The van der Waals surface area contributed by atoms with Crippen LogP contribution in [0.25, 0.3) is 17.1 Å². The van der Waals surface area contributed by atoms with Crippen molar-refractivity contribution in [2.24, 2.45) is 0 Å². The van der Waals surface area contributed by atoms with E-state index in [1.165, 1.54) is 21.6 Å². The maximum atomic E-state index is 12.8. The molecule has 0 atom stereocenters. The lowest BCUT2D eigenvalue weighted by Gasteiger charge is -2.18. The van der Waals surface area contributed by atoms with Crippen LogP contribution in [0, 0.1) is 6.92 Å². The molecule has 4 aromatic rings. The highest BCUT2D eigenvalue weighted by molar-refractivity contribution is 7.98. The first-order valence-corrected chi connectivity index (χ1v) is 13.8. The predicted octanol–water partition coefficient (Wildman–Crippen LogP) is 3.57. The van der Waals surface area contributed by atoms with E-state index in [2.05, 4.69) is 25.7 Å². The van der Waals surface area contributed by atoms with Gasteiger partial charge in [0, 0.05) is 25.2 Å². The molecule has 2 aromatic heterocycles. The summed E-state index contributed by atoms with van der Waals surface area (Å²) in [7, 11) is -3.51. The van der Waals surface area contributed by atoms with Gasteiger partial charge in [-0.15, -0.1) is 15.3 Å². The van der Waals surface area contributed by atoms with Crippen LogP contribution in [0.3, 0.4) is 0 Å². The second kappa shape index (κ2) is 10.7. The zero-order valence-corrected chi connectivity index (χ0v) is 21.8. The molecule has 0 amide bonds. The fourth-order valence-corrected chi connectivity index (χ4v) is 6.06. The SMILES string of the molecule is CCN(CC)S(=O)(=O)c1ccc(-c2nnc(SCc3nnnn3-c3ccc(C)cc3)n2CC)cc1. The van der Waals surface area contributed by atoms with Crippen LogP contribution in [0.4, 0.5) is 0 Å². The Morgan fingerprint density at radius 1 is 0.914 bits per heavy atom. The first-order chi connectivity index (χ1) is 16.9. The van der Waals surface area contributed by atoms with Crippen molar-refractivity contribution in [3.63, 3.8) is 0 Å². The fourth-order valence-electron chi connectivity index (χ4n) is 3.69. The molecule has 0 saturated carbocycles. The molecule has 0 bridgehead atoms. The molecule has 184 valence electrons. The van der Waals surface area contributed by atoms with Crippen LogP contribution in [0.2, 0.25) is 0 Å². The number of hydrogen-bond donors (Lipinski definition) is 0. The number of thioether (sulfide) groups is 1. The zero-order chi connectivity index (χ0) is 25.0. The van der Waals surface area contributed by atoms with Crippen LogP contribution in [0.15, 0.2) is 58.6 Å².